The lowest BCUT2D eigenvalue weighted by Crippen LogP contribution is -2.39. The smallest absolute Gasteiger partial charge is 0.410 e. The van der Waals surface area contributed by atoms with Crippen molar-refractivity contribution in [2.45, 2.75) is 39.7 Å². The van der Waals surface area contributed by atoms with Crippen LogP contribution in [0, 0.1) is 5.92 Å². The van der Waals surface area contributed by atoms with Gasteiger partial charge in [0.25, 0.3) is 0 Å². The van der Waals surface area contributed by atoms with Crippen molar-refractivity contribution in [1.29, 1.82) is 0 Å². The van der Waals surface area contributed by atoms with E-state index in [0.29, 0.717) is 0 Å². The van der Waals surface area contributed by atoms with Crippen LogP contribution in [-0.2, 0) is 14.3 Å². The summed E-state index contributed by atoms with van der Waals surface area (Å²) >= 11 is 0. The first-order chi connectivity index (χ1) is 7.70. The zero-order valence-corrected chi connectivity index (χ0v) is 10.8. The maximum absolute atomic E-state index is 11.8. The van der Waals surface area contributed by atoms with Crippen LogP contribution in [0.25, 0.3) is 0 Å². The number of ketones is 2. The van der Waals surface area contributed by atoms with Gasteiger partial charge in [0.05, 0.1) is 0 Å². The number of carbonyl (C=O) groups excluding carboxylic acids is 3. The largest absolute Gasteiger partial charge is 0.444 e. The Morgan fingerprint density at radius 1 is 1.35 bits per heavy atom. The summed E-state index contributed by atoms with van der Waals surface area (Å²) in [5.41, 5.74) is -0.569. The number of hydrogen-bond acceptors (Lipinski definition) is 4. The van der Waals surface area contributed by atoms with Crippen LogP contribution in [0.5, 0.6) is 0 Å². The van der Waals surface area contributed by atoms with Crippen molar-refractivity contribution < 1.29 is 19.1 Å². The lowest BCUT2D eigenvalue weighted by atomic mass is 10.0. The van der Waals surface area contributed by atoms with E-state index in [2.05, 4.69) is 0 Å². The minimum atomic E-state index is -0.569. The van der Waals surface area contributed by atoms with Crippen molar-refractivity contribution in [1.82, 2.24) is 4.90 Å². The molecule has 1 aliphatic heterocycles. The highest BCUT2D eigenvalue weighted by Crippen LogP contribution is 2.15. The van der Waals surface area contributed by atoms with Gasteiger partial charge in [-0.3, -0.25) is 9.59 Å². The molecule has 5 nitrogen and oxygen atoms in total. The van der Waals surface area contributed by atoms with Crippen LogP contribution in [0.3, 0.4) is 0 Å². The van der Waals surface area contributed by atoms with Crippen LogP contribution in [0.4, 0.5) is 4.79 Å². The van der Waals surface area contributed by atoms with Gasteiger partial charge in [-0.2, -0.15) is 0 Å². The molecular formula is C12H19NO4. The lowest BCUT2D eigenvalue weighted by molar-refractivity contribution is -0.137. The number of nitrogens with zero attached hydrogens (tertiary/aromatic N) is 1. The third-order valence-electron chi connectivity index (χ3n) is 2.48. The molecule has 0 N–H and O–H groups in total. The van der Waals surface area contributed by atoms with E-state index in [4.69, 9.17) is 4.74 Å². The van der Waals surface area contributed by atoms with Crippen LogP contribution >= 0.6 is 0 Å². The minimum Gasteiger partial charge on any atom is -0.444 e. The van der Waals surface area contributed by atoms with Gasteiger partial charge in [-0.1, -0.05) is 6.92 Å². The molecular weight excluding hydrogens is 222 g/mol. The Kier molecular flexibility index (Phi) is 3.91. The molecule has 1 aliphatic rings. The van der Waals surface area contributed by atoms with Crippen LogP contribution < -0.4 is 0 Å². The third kappa shape index (κ3) is 3.84. The average molecular weight is 241 g/mol. The molecule has 0 unspecified atom stereocenters. The predicted molar refractivity (Wildman–Crippen MR) is 61.6 cm³/mol. The summed E-state index contributed by atoms with van der Waals surface area (Å²) in [5.74, 6) is -1.24. The first kappa shape index (κ1) is 13.7. The number of ether oxygens (including phenoxy) is 1. The lowest BCUT2D eigenvalue weighted by Gasteiger charge is -2.27. The monoisotopic (exact) mass is 241 g/mol. The van der Waals surface area contributed by atoms with Gasteiger partial charge >= 0.3 is 6.09 Å². The highest BCUT2D eigenvalue weighted by atomic mass is 16.6. The van der Waals surface area contributed by atoms with Crippen molar-refractivity contribution in [3.05, 3.63) is 0 Å². The zero-order valence-electron chi connectivity index (χ0n) is 10.8. The average Bonchev–Trinajstić information content (AvgIpc) is 2.29. The molecule has 0 aromatic rings. The first-order valence-corrected chi connectivity index (χ1v) is 5.75. The fraction of sp³-hybridized carbons (Fsp3) is 0.750. The van der Waals surface area contributed by atoms with Gasteiger partial charge in [-0.25, -0.2) is 4.79 Å². The SMILES string of the molecule is C[C@H]1CN(C(=O)OC(C)(C)C)CCC(=O)C1=O. The number of carbonyl (C=O) groups is 3. The molecule has 0 aliphatic carbocycles. The van der Waals surface area contributed by atoms with Gasteiger partial charge in [-0.15, -0.1) is 0 Å². The van der Waals surface area contributed by atoms with Gasteiger partial charge in [0, 0.05) is 25.4 Å². The molecule has 96 valence electrons. The van der Waals surface area contributed by atoms with Crippen molar-refractivity contribution in [3.8, 4) is 0 Å². The highest BCUT2D eigenvalue weighted by molar-refractivity contribution is 6.38. The van der Waals surface area contributed by atoms with Gasteiger partial charge in [-0.05, 0) is 20.8 Å². The standard InChI is InChI=1S/C12H19NO4/c1-8-7-13(6-5-9(14)10(8)15)11(16)17-12(2,3)4/h8H,5-7H2,1-4H3/t8-/m0/s1. The van der Waals surface area contributed by atoms with Crippen molar-refractivity contribution in [3.63, 3.8) is 0 Å². The van der Waals surface area contributed by atoms with Gasteiger partial charge < -0.3 is 9.64 Å². The van der Waals surface area contributed by atoms with Gasteiger partial charge in [0.15, 0.2) is 0 Å². The summed E-state index contributed by atoms with van der Waals surface area (Å²) in [6, 6.07) is 0. The van der Waals surface area contributed by atoms with E-state index in [1.165, 1.54) is 4.90 Å². The first-order valence-electron chi connectivity index (χ1n) is 5.75. The van der Waals surface area contributed by atoms with Crippen molar-refractivity contribution >= 4 is 17.7 Å². The van der Waals surface area contributed by atoms with Crippen LogP contribution in [0.15, 0.2) is 0 Å². The van der Waals surface area contributed by atoms with Crippen molar-refractivity contribution in [2.24, 2.45) is 5.92 Å². The van der Waals surface area contributed by atoms with Crippen LogP contribution in [0.2, 0.25) is 0 Å². The summed E-state index contributed by atoms with van der Waals surface area (Å²) in [6.45, 7) is 7.50. The number of hydrogen-bond donors (Lipinski definition) is 0. The zero-order chi connectivity index (χ0) is 13.2. The van der Waals surface area contributed by atoms with E-state index in [9.17, 15) is 14.4 Å². The summed E-state index contributed by atoms with van der Waals surface area (Å²) in [4.78, 5) is 36.1. The topological polar surface area (TPSA) is 63.7 Å². The normalized spacial score (nSPS) is 22.4. The van der Waals surface area contributed by atoms with Crippen LogP contribution in [-0.4, -0.2) is 41.3 Å². The number of amides is 1. The Balaban J connectivity index is 2.70. The van der Waals surface area contributed by atoms with Gasteiger partial charge in [0.1, 0.15) is 5.60 Å². The molecule has 0 saturated carbocycles. The molecule has 1 saturated heterocycles. The van der Waals surface area contributed by atoms with E-state index in [1.807, 2.05) is 0 Å². The molecule has 1 heterocycles. The molecule has 1 fully saturated rings. The summed E-state index contributed by atoms with van der Waals surface area (Å²) in [7, 11) is 0. The Labute approximate surface area is 101 Å². The molecule has 0 aromatic carbocycles. The molecule has 1 rings (SSSR count). The molecule has 5 heteroatoms. The molecule has 0 spiro atoms. The maximum atomic E-state index is 11.8. The quantitative estimate of drug-likeness (QED) is 0.601. The van der Waals surface area contributed by atoms with E-state index in [0.717, 1.165) is 0 Å². The number of rotatable bonds is 0. The third-order valence-corrected chi connectivity index (χ3v) is 2.48. The Hall–Kier alpha value is -1.39. The highest BCUT2D eigenvalue weighted by Gasteiger charge is 2.31. The minimum absolute atomic E-state index is 0.0857. The molecule has 0 bridgehead atoms. The van der Waals surface area contributed by atoms with Crippen molar-refractivity contribution in [2.75, 3.05) is 13.1 Å². The second-order valence-electron chi connectivity index (χ2n) is 5.36. The molecule has 1 amide bonds. The van der Waals surface area contributed by atoms with Crippen LogP contribution in [0.1, 0.15) is 34.1 Å². The predicted octanol–water partition coefficient (Wildman–Crippen LogP) is 1.40. The summed E-state index contributed by atoms with van der Waals surface area (Å²) < 4.78 is 5.22. The van der Waals surface area contributed by atoms with E-state index in [-0.39, 0.29) is 19.5 Å². The van der Waals surface area contributed by atoms with E-state index >= 15 is 0 Å². The Morgan fingerprint density at radius 3 is 2.47 bits per heavy atom. The molecule has 0 aromatic heterocycles. The summed E-state index contributed by atoms with van der Waals surface area (Å²) in [5, 5.41) is 0. The Morgan fingerprint density at radius 2 is 1.94 bits per heavy atom. The fourth-order valence-electron chi connectivity index (χ4n) is 1.63. The molecule has 0 radical (unpaired) electrons. The number of Topliss-reactive ketones (excluding diaryl/α,β-unsaturated/α-hetero) is 2. The second kappa shape index (κ2) is 4.85. The number of likely N-dealkylation sites (tertiary alicyclic amines) is 1. The molecule has 17 heavy (non-hydrogen) atoms. The van der Waals surface area contributed by atoms with E-state index < -0.39 is 29.2 Å². The molecule has 1 atom stereocenters. The second-order valence-corrected chi connectivity index (χ2v) is 5.36. The summed E-state index contributed by atoms with van der Waals surface area (Å²) in [6.07, 6.45) is -0.380. The fourth-order valence-corrected chi connectivity index (χ4v) is 1.63. The Bertz CT molecular complexity index is 343. The maximum Gasteiger partial charge on any atom is 0.410 e. The van der Waals surface area contributed by atoms with E-state index in [1.54, 1.807) is 27.7 Å². The van der Waals surface area contributed by atoms with Gasteiger partial charge in [0.2, 0.25) is 11.6 Å².